The van der Waals surface area contributed by atoms with Crippen molar-refractivity contribution in [2.24, 2.45) is 0 Å². The molecule has 2 rings (SSSR count). The van der Waals surface area contributed by atoms with Crippen LogP contribution in [0.4, 0.5) is 4.39 Å². The van der Waals surface area contributed by atoms with Crippen molar-refractivity contribution in [3.05, 3.63) is 27.7 Å². The lowest BCUT2D eigenvalue weighted by Gasteiger charge is -2.36. The summed E-state index contributed by atoms with van der Waals surface area (Å²) in [6, 6.07) is 4.84. The third-order valence-electron chi connectivity index (χ3n) is 4.45. The fourth-order valence-corrected chi connectivity index (χ4v) is 3.82. The second-order valence-electron chi connectivity index (χ2n) is 7.14. The lowest BCUT2D eigenvalue weighted by Crippen LogP contribution is -2.41. The first-order chi connectivity index (χ1) is 10.1. The minimum Gasteiger partial charge on any atom is -0.417 e. The third kappa shape index (κ3) is 3.89. The summed E-state index contributed by atoms with van der Waals surface area (Å²) >= 11 is 2.16. The van der Waals surface area contributed by atoms with Gasteiger partial charge in [0.1, 0.15) is 9.52 Å². The average molecular weight is 434 g/mol. The zero-order chi connectivity index (χ0) is 16.5. The lowest BCUT2D eigenvalue weighted by molar-refractivity contribution is 0.273. The Morgan fingerprint density at radius 1 is 1.32 bits per heavy atom. The van der Waals surface area contributed by atoms with Gasteiger partial charge in [-0.25, -0.2) is 4.39 Å². The van der Waals surface area contributed by atoms with Gasteiger partial charge in [-0.1, -0.05) is 20.8 Å². The average Bonchev–Trinajstić information content (AvgIpc) is 2.70. The summed E-state index contributed by atoms with van der Waals surface area (Å²) < 4.78 is 22.3. The number of nitrogens with zero attached hydrogens (tertiary/aromatic N) is 2. The molecule has 22 heavy (non-hydrogen) atoms. The highest BCUT2D eigenvalue weighted by Gasteiger charge is 2.36. The number of halogens is 2. The van der Waals surface area contributed by atoms with Gasteiger partial charge in [-0.3, -0.25) is 4.68 Å². The summed E-state index contributed by atoms with van der Waals surface area (Å²) in [6.45, 7) is 12.8. The molecule has 0 unspecified atom stereocenters. The van der Waals surface area contributed by atoms with Crippen molar-refractivity contribution in [2.75, 3.05) is 6.61 Å². The van der Waals surface area contributed by atoms with E-state index in [2.05, 4.69) is 61.6 Å². The van der Waals surface area contributed by atoms with Crippen LogP contribution < -0.4 is 0 Å². The predicted octanol–water partition coefficient (Wildman–Crippen LogP) is 5.19. The number of benzene rings is 1. The monoisotopic (exact) mass is 434 g/mol. The van der Waals surface area contributed by atoms with Crippen molar-refractivity contribution >= 4 is 41.8 Å². The predicted molar refractivity (Wildman–Crippen MR) is 100 cm³/mol. The smallest absolute Gasteiger partial charge is 0.191 e. The normalized spacial score (nSPS) is 13.0. The number of hydrogen-bond acceptors (Lipinski definition) is 2. The Kier molecular flexibility index (Phi) is 5.33. The van der Waals surface area contributed by atoms with Gasteiger partial charge in [0.25, 0.3) is 0 Å². The van der Waals surface area contributed by atoms with Crippen LogP contribution in [-0.2, 0) is 11.0 Å². The van der Waals surface area contributed by atoms with Crippen molar-refractivity contribution < 1.29 is 8.82 Å². The topological polar surface area (TPSA) is 27.1 Å². The maximum absolute atomic E-state index is 13.3. The Labute approximate surface area is 146 Å². The lowest BCUT2D eigenvalue weighted by atomic mass is 10.2. The van der Waals surface area contributed by atoms with Crippen molar-refractivity contribution in [1.29, 1.82) is 0 Å². The van der Waals surface area contributed by atoms with E-state index in [4.69, 9.17) is 4.43 Å². The van der Waals surface area contributed by atoms with Crippen LogP contribution in [0.15, 0.2) is 18.2 Å². The van der Waals surface area contributed by atoms with Crippen molar-refractivity contribution in [3.8, 4) is 0 Å². The highest BCUT2D eigenvalue weighted by molar-refractivity contribution is 14.1. The minimum absolute atomic E-state index is 0.216. The van der Waals surface area contributed by atoms with Gasteiger partial charge in [-0.05, 0) is 65.3 Å². The molecule has 0 saturated carbocycles. The second-order valence-corrected chi connectivity index (χ2v) is 13.0. The molecular formula is C16H24FIN2OSi. The molecule has 122 valence electrons. The molecule has 6 heteroatoms. The molecule has 0 N–H and O–H groups in total. The van der Waals surface area contributed by atoms with Crippen LogP contribution in [-0.4, -0.2) is 24.7 Å². The van der Waals surface area contributed by atoms with E-state index in [1.807, 2.05) is 4.68 Å². The molecule has 2 aromatic rings. The van der Waals surface area contributed by atoms with Crippen molar-refractivity contribution in [3.63, 3.8) is 0 Å². The maximum Gasteiger partial charge on any atom is 0.191 e. The Morgan fingerprint density at radius 2 is 2.00 bits per heavy atom. The maximum atomic E-state index is 13.3. The Hall–Kier alpha value is -0.473. The Bertz CT molecular complexity index is 664. The zero-order valence-electron chi connectivity index (χ0n) is 13.9. The molecule has 1 aromatic heterocycles. The molecule has 0 aliphatic rings. The molecule has 0 spiro atoms. The van der Waals surface area contributed by atoms with E-state index in [0.717, 1.165) is 34.2 Å². The summed E-state index contributed by atoms with van der Waals surface area (Å²) in [5.74, 6) is -0.216. The molecule has 0 aliphatic heterocycles. The molecule has 1 aromatic carbocycles. The summed E-state index contributed by atoms with van der Waals surface area (Å²) in [6.07, 6.45) is 0.913. The molecule has 0 fully saturated rings. The van der Waals surface area contributed by atoms with E-state index in [-0.39, 0.29) is 10.9 Å². The van der Waals surface area contributed by atoms with Gasteiger partial charge in [0.15, 0.2) is 8.32 Å². The summed E-state index contributed by atoms with van der Waals surface area (Å²) in [4.78, 5) is 0. The van der Waals surface area contributed by atoms with Gasteiger partial charge in [0.05, 0.1) is 5.52 Å². The van der Waals surface area contributed by atoms with Gasteiger partial charge >= 0.3 is 0 Å². The van der Waals surface area contributed by atoms with Crippen LogP contribution in [0.1, 0.15) is 27.2 Å². The minimum atomic E-state index is -1.68. The zero-order valence-corrected chi connectivity index (χ0v) is 17.1. The van der Waals surface area contributed by atoms with Crippen molar-refractivity contribution in [1.82, 2.24) is 9.78 Å². The van der Waals surface area contributed by atoms with E-state index in [1.54, 1.807) is 12.1 Å². The van der Waals surface area contributed by atoms with Gasteiger partial charge in [-0.15, -0.1) is 0 Å². The van der Waals surface area contributed by atoms with E-state index in [0.29, 0.717) is 0 Å². The van der Waals surface area contributed by atoms with Crippen LogP contribution in [0.2, 0.25) is 18.1 Å². The van der Waals surface area contributed by atoms with Crippen LogP contribution >= 0.6 is 22.6 Å². The standard InChI is InChI=1S/C16H24FIN2OSi/c1-16(2,3)22(4,5)21-10-6-9-20-14-8-7-12(17)11-13(14)15(18)19-20/h7-8,11H,6,9-10H2,1-5H3. The summed E-state index contributed by atoms with van der Waals surface area (Å²) in [5, 5.41) is 5.62. The van der Waals surface area contributed by atoms with E-state index < -0.39 is 8.32 Å². The molecule has 3 nitrogen and oxygen atoms in total. The highest BCUT2D eigenvalue weighted by Crippen LogP contribution is 2.36. The van der Waals surface area contributed by atoms with Crippen LogP contribution in [0.5, 0.6) is 0 Å². The SMILES string of the molecule is CC(C)(C)[Si](C)(C)OCCCn1nc(I)c2cc(F)ccc21. The molecule has 0 bridgehead atoms. The van der Waals surface area contributed by atoms with Crippen LogP contribution in [0.25, 0.3) is 10.9 Å². The largest absolute Gasteiger partial charge is 0.417 e. The van der Waals surface area contributed by atoms with Crippen LogP contribution in [0.3, 0.4) is 0 Å². The van der Waals surface area contributed by atoms with E-state index in [1.165, 1.54) is 6.07 Å². The number of fused-ring (bicyclic) bond motifs is 1. The highest BCUT2D eigenvalue weighted by atomic mass is 127. The second kappa shape index (κ2) is 6.57. The summed E-state index contributed by atoms with van der Waals surface area (Å²) in [5.41, 5.74) is 0.984. The molecule has 0 aliphatic carbocycles. The fraction of sp³-hybridized carbons (Fsp3) is 0.562. The molecular weight excluding hydrogens is 410 g/mol. The van der Waals surface area contributed by atoms with Crippen molar-refractivity contribution in [2.45, 2.75) is 51.9 Å². The number of aryl methyl sites for hydroxylation is 1. The van der Waals surface area contributed by atoms with Gasteiger partial charge < -0.3 is 4.43 Å². The molecule has 0 radical (unpaired) electrons. The Morgan fingerprint density at radius 3 is 2.64 bits per heavy atom. The quantitative estimate of drug-likeness (QED) is 0.368. The number of aromatic nitrogens is 2. The van der Waals surface area contributed by atoms with E-state index in [9.17, 15) is 4.39 Å². The Balaban J connectivity index is 1.99. The van der Waals surface area contributed by atoms with Gasteiger partial charge in [0.2, 0.25) is 0 Å². The number of rotatable bonds is 5. The third-order valence-corrected chi connectivity index (χ3v) is 9.79. The first-order valence-electron chi connectivity index (χ1n) is 7.57. The summed E-state index contributed by atoms with van der Waals surface area (Å²) in [7, 11) is -1.68. The van der Waals surface area contributed by atoms with E-state index >= 15 is 0 Å². The van der Waals surface area contributed by atoms with Crippen LogP contribution in [0, 0.1) is 9.52 Å². The van der Waals surface area contributed by atoms with Gasteiger partial charge in [0, 0.05) is 18.5 Å². The number of hydrogen-bond donors (Lipinski definition) is 0. The first-order valence-corrected chi connectivity index (χ1v) is 11.6. The molecule has 0 amide bonds. The molecule has 0 saturated heterocycles. The molecule has 1 heterocycles. The fourth-order valence-electron chi connectivity index (χ4n) is 2.04. The van der Waals surface area contributed by atoms with Gasteiger partial charge in [-0.2, -0.15) is 5.10 Å². The first kappa shape index (κ1) is 17.9. The molecule has 0 atom stereocenters.